The van der Waals surface area contributed by atoms with Crippen molar-refractivity contribution in [1.29, 1.82) is 0 Å². The van der Waals surface area contributed by atoms with Crippen LogP contribution >= 0.6 is 0 Å². The van der Waals surface area contributed by atoms with Gasteiger partial charge in [-0.15, -0.1) is 0 Å². The summed E-state index contributed by atoms with van der Waals surface area (Å²) in [7, 11) is 0. The summed E-state index contributed by atoms with van der Waals surface area (Å²) < 4.78 is 12.6. The Morgan fingerprint density at radius 3 is 1.51 bits per heavy atom. The fourth-order valence-corrected chi connectivity index (χ4v) is 4.81. The smallest absolute Gasteiger partial charge is 0.291 e. The molecule has 0 bridgehead atoms. The molecule has 2 aliphatic rings. The van der Waals surface area contributed by atoms with E-state index in [9.17, 15) is 20.2 Å². The van der Waals surface area contributed by atoms with Crippen LogP contribution < -0.4 is 9.47 Å². The van der Waals surface area contributed by atoms with Crippen molar-refractivity contribution in [2.24, 2.45) is 0 Å². The molecule has 172 valence electrons. The molecule has 8 heteroatoms. The summed E-state index contributed by atoms with van der Waals surface area (Å²) in [4.78, 5) is 21.9. The number of nitrogens with zero attached hydrogens (tertiary/aromatic N) is 2. The number of fused-ring (bicyclic) bond motifs is 6. The van der Waals surface area contributed by atoms with Crippen molar-refractivity contribution in [2.45, 2.75) is 19.6 Å². The minimum atomic E-state index is -1.15. The van der Waals surface area contributed by atoms with Crippen LogP contribution in [0.25, 0.3) is 33.7 Å². The lowest BCUT2D eigenvalue weighted by Crippen LogP contribution is -2.41. The third kappa shape index (κ3) is 3.14. The highest BCUT2D eigenvalue weighted by molar-refractivity contribution is 5.97. The Bertz CT molecular complexity index is 1560. The molecule has 4 aromatic carbocycles. The molecule has 0 aromatic heterocycles. The van der Waals surface area contributed by atoms with E-state index in [1.54, 1.807) is 62.4 Å². The number of benzene rings is 4. The molecule has 0 N–H and O–H groups in total. The van der Waals surface area contributed by atoms with Crippen LogP contribution in [0.15, 0.2) is 60.7 Å². The van der Waals surface area contributed by atoms with Crippen LogP contribution in [-0.4, -0.2) is 15.6 Å². The standard InChI is InChI=1S/C27H18N2O6/c1-15-11-21-17(13-23(15)28(30)31)3-5-25-19(21)7-9-27(34-25)10-8-20-22-12-16(2)24(29(32)33)14-18(22)4-6-26(20)35-27/h3-14H,1-2H3. The highest BCUT2D eigenvalue weighted by Crippen LogP contribution is 2.43. The highest BCUT2D eigenvalue weighted by Gasteiger charge is 2.36. The van der Waals surface area contributed by atoms with Crippen LogP contribution in [0.2, 0.25) is 0 Å². The van der Waals surface area contributed by atoms with E-state index in [0.29, 0.717) is 22.6 Å². The van der Waals surface area contributed by atoms with Crippen LogP contribution in [-0.2, 0) is 0 Å². The molecule has 2 heterocycles. The van der Waals surface area contributed by atoms with Crippen molar-refractivity contribution < 1.29 is 19.3 Å². The van der Waals surface area contributed by atoms with E-state index in [1.165, 1.54) is 0 Å². The summed E-state index contributed by atoms with van der Waals surface area (Å²) in [6.07, 6.45) is 7.46. The van der Waals surface area contributed by atoms with E-state index >= 15 is 0 Å². The van der Waals surface area contributed by atoms with Crippen molar-refractivity contribution in [3.63, 3.8) is 0 Å². The van der Waals surface area contributed by atoms with E-state index in [-0.39, 0.29) is 21.2 Å². The van der Waals surface area contributed by atoms with E-state index in [4.69, 9.17) is 9.47 Å². The molecule has 0 saturated heterocycles. The van der Waals surface area contributed by atoms with Crippen molar-refractivity contribution >= 4 is 45.1 Å². The van der Waals surface area contributed by atoms with Gasteiger partial charge in [0, 0.05) is 46.5 Å². The number of hydrogen-bond donors (Lipinski definition) is 0. The molecular formula is C27H18N2O6. The maximum atomic E-state index is 11.3. The molecule has 35 heavy (non-hydrogen) atoms. The molecule has 1 spiro atoms. The molecule has 0 aliphatic carbocycles. The first kappa shape index (κ1) is 20.9. The van der Waals surface area contributed by atoms with Crippen LogP contribution in [0.1, 0.15) is 22.3 Å². The first-order chi connectivity index (χ1) is 16.7. The number of aryl methyl sites for hydroxylation is 2. The maximum absolute atomic E-state index is 11.3. The summed E-state index contributed by atoms with van der Waals surface area (Å²) in [5.74, 6) is 0.0646. The SMILES string of the molecule is Cc1cc2c3c(ccc2cc1[N+](=O)[O-])OC1(C=C3)C=Cc2c(ccc3cc([N+](=O)[O-])c(C)cc23)O1. The average molecular weight is 466 g/mol. The number of nitro benzene ring substituents is 2. The van der Waals surface area contributed by atoms with Gasteiger partial charge < -0.3 is 9.47 Å². The Morgan fingerprint density at radius 2 is 1.11 bits per heavy atom. The van der Waals surface area contributed by atoms with E-state index in [2.05, 4.69) is 0 Å². The fourth-order valence-electron chi connectivity index (χ4n) is 4.81. The number of nitro groups is 2. The molecule has 0 amide bonds. The van der Waals surface area contributed by atoms with Crippen molar-refractivity contribution in [1.82, 2.24) is 0 Å². The minimum absolute atomic E-state index is 0.0811. The Balaban J connectivity index is 1.41. The second-order valence-electron chi connectivity index (χ2n) is 8.78. The van der Waals surface area contributed by atoms with E-state index < -0.39 is 5.79 Å². The van der Waals surface area contributed by atoms with Gasteiger partial charge >= 0.3 is 0 Å². The third-order valence-electron chi connectivity index (χ3n) is 6.57. The topological polar surface area (TPSA) is 105 Å². The molecule has 4 aromatic rings. The zero-order valence-corrected chi connectivity index (χ0v) is 18.8. The lowest BCUT2D eigenvalue weighted by Gasteiger charge is -2.35. The third-order valence-corrected chi connectivity index (χ3v) is 6.57. The van der Waals surface area contributed by atoms with Gasteiger partial charge in [0.15, 0.2) is 0 Å². The minimum Gasteiger partial charge on any atom is -0.445 e. The lowest BCUT2D eigenvalue weighted by molar-refractivity contribution is -0.385. The largest absolute Gasteiger partial charge is 0.445 e. The lowest BCUT2D eigenvalue weighted by atomic mass is 9.95. The van der Waals surface area contributed by atoms with Crippen LogP contribution in [0.3, 0.4) is 0 Å². The molecule has 2 aliphatic heterocycles. The van der Waals surface area contributed by atoms with Gasteiger partial charge in [0.1, 0.15) is 11.5 Å². The van der Waals surface area contributed by atoms with Gasteiger partial charge in [0.05, 0.1) is 9.85 Å². The summed E-state index contributed by atoms with van der Waals surface area (Å²) in [6.45, 7) is 3.44. The van der Waals surface area contributed by atoms with E-state index in [1.807, 2.05) is 24.3 Å². The number of rotatable bonds is 2. The summed E-state index contributed by atoms with van der Waals surface area (Å²) in [5.41, 5.74) is 2.98. The molecule has 6 rings (SSSR count). The first-order valence-corrected chi connectivity index (χ1v) is 10.9. The predicted molar refractivity (Wildman–Crippen MR) is 133 cm³/mol. The van der Waals surface area contributed by atoms with Crippen molar-refractivity contribution in [3.05, 3.63) is 103 Å². The van der Waals surface area contributed by atoms with Gasteiger partial charge in [0.25, 0.3) is 17.2 Å². The van der Waals surface area contributed by atoms with Crippen LogP contribution in [0.4, 0.5) is 11.4 Å². The van der Waals surface area contributed by atoms with Crippen molar-refractivity contribution in [2.75, 3.05) is 0 Å². The van der Waals surface area contributed by atoms with Gasteiger partial charge in [0.2, 0.25) is 0 Å². The Morgan fingerprint density at radius 1 is 0.686 bits per heavy atom. The Kier molecular flexibility index (Phi) is 4.25. The van der Waals surface area contributed by atoms with Gasteiger partial charge in [-0.05, 0) is 71.8 Å². The van der Waals surface area contributed by atoms with Crippen molar-refractivity contribution in [3.8, 4) is 11.5 Å². The average Bonchev–Trinajstić information content (AvgIpc) is 2.82. The van der Waals surface area contributed by atoms with Gasteiger partial charge in [-0.2, -0.15) is 0 Å². The molecule has 0 saturated carbocycles. The first-order valence-electron chi connectivity index (χ1n) is 10.9. The van der Waals surface area contributed by atoms with Gasteiger partial charge in [-0.25, -0.2) is 0 Å². The molecule has 0 fully saturated rings. The van der Waals surface area contributed by atoms with Gasteiger partial charge in [-0.1, -0.05) is 12.1 Å². The molecule has 0 atom stereocenters. The second-order valence-corrected chi connectivity index (χ2v) is 8.78. The quantitative estimate of drug-likeness (QED) is 0.242. The molecule has 0 radical (unpaired) electrons. The number of hydrogen-bond acceptors (Lipinski definition) is 6. The Hall–Kier alpha value is -4.72. The number of ether oxygens (including phenoxy) is 2. The molecule has 8 nitrogen and oxygen atoms in total. The van der Waals surface area contributed by atoms with Crippen LogP contribution in [0, 0.1) is 34.1 Å². The monoisotopic (exact) mass is 466 g/mol. The van der Waals surface area contributed by atoms with E-state index in [0.717, 1.165) is 32.7 Å². The van der Waals surface area contributed by atoms with Gasteiger partial charge in [-0.3, -0.25) is 20.2 Å². The van der Waals surface area contributed by atoms with Crippen LogP contribution in [0.5, 0.6) is 11.5 Å². The second kappa shape index (κ2) is 7.14. The summed E-state index contributed by atoms with van der Waals surface area (Å²) in [5, 5.41) is 25.9. The maximum Gasteiger partial charge on any atom is 0.291 e. The molecule has 0 unspecified atom stereocenters. The zero-order chi connectivity index (χ0) is 24.5. The Labute approximate surface area is 199 Å². The predicted octanol–water partition coefficient (Wildman–Crippen LogP) is 6.63. The summed E-state index contributed by atoms with van der Waals surface area (Å²) in [6, 6.07) is 13.9. The molecular weight excluding hydrogens is 448 g/mol. The summed E-state index contributed by atoms with van der Waals surface area (Å²) >= 11 is 0. The fraction of sp³-hybridized carbons (Fsp3) is 0.111. The normalized spacial score (nSPS) is 14.9. The zero-order valence-electron chi connectivity index (χ0n) is 18.8. The highest BCUT2D eigenvalue weighted by atomic mass is 16.7.